The van der Waals surface area contributed by atoms with Crippen LogP contribution in [0.1, 0.15) is 31.2 Å². The van der Waals surface area contributed by atoms with Crippen LogP contribution in [0.3, 0.4) is 0 Å². The molecule has 1 aromatic carbocycles. The van der Waals surface area contributed by atoms with Crippen LogP contribution in [0.25, 0.3) is 0 Å². The fourth-order valence-electron chi connectivity index (χ4n) is 2.26. The summed E-state index contributed by atoms with van der Waals surface area (Å²) in [5.74, 6) is 0. The maximum Gasteiger partial charge on any atom is 0.0864 e. The van der Waals surface area contributed by atoms with E-state index in [0.29, 0.717) is 6.61 Å². The van der Waals surface area contributed by atoms with Crippen LogP contribution in [0.15, 0.2) is 35.3 Å². The van der Waals surface area contributed by atoms with Crippen molar-refractivity contribution in [3.05, 3.63) is 35.9 Å². The van der Waals surface area contributed by atoms with Gasteiger partial charge in [-0.05, 0) is 30.6 Å². The quantitative estimate of drug-likeness (QED) is 0.598. The molecule has 2 rings (SSSR count). The molecule has 0 N–H and O–H groups in total. The maximum absolute atomic E-state index is 5.95. The smallest absolute Gasteiger partial charge is 0.0864 e. The van der Waals surface area contributed by atoms with E-state index in [1.54, 1.807) is 0 Å². The SMILES string of the molecule is S=C=N[C@H]1CCCC[C@@H]1OCc1ccccc1. The van der Waals surface area contributed by atoms with Crippen molar-refractivity contribution in [3.8, 4) is 0 Å². The lowest BCUT2D eigenvalue weighted by Gasteiger charge is -2.27. The van der Waals surface area contributed by atoms with E-state index in [-0.39, 0.29) is 12.1 Å². The van der Waals surface area contributed by atoms with Crippen molar-refractivity contribution < 1.29 is 4.74 Å². The van der Waals surface area contributed by atoms with E-state index in [9.17, 15) is 0 Å². The second kappa shape index (κ2) is 6.65. The highest BCUT2D eigenvalue weighted by Crippen LogP contribution is 2.24. The lowest BCUT2D eigenvalue weighted by atomic mass is 9.93. The average molecular weight is 247 g/mol. The Morgan fingerprint density at radius 2 is 2.00 bits per heavy atom. The molecule has 1 aliphatic rings. The van der Waals surface area contributed by atoms with E-state index in [0.717, 1.165) is 12.8 Å². The minimum Gasteiger partial charge on any atom is -0.371 e. The molecule has 17 heavy (non-hydrogen) atoms. The summed E-state index contributed by atoms with van der Waals surface area (Å²) < 4.78 is 5.95. The van der Waals surface area contributed by atoms with Gasteiger partial charge in [0.25, 0.3) is 0 Å². The van der Waals surface area contributed by atoms with Gasteiger partial charge in [-0.15, -0.1) is 0 Å². The summed E-state index contributed by atoms with van der Waals surface area (Å²) in [6, 6.07) is 10.5. The fraction of sp³-hybridized carbons (Fsp3) is 0.500. The van der Waals surface area contributed by atoms with Gasteiger partial charge in [0.1, 0.15) is 0 Å². The molecule has 1 saturated carbocycles. The predicted octanol–water partition coefficient (Wildman–Crippen LogP) is 3.62. The summed E-state index contributed by atoms with van der Waals surface area (Å²) in [5.41, 5.74) is 1.21. The van der Waals surface area contributed by atoms with Crippen LogP contribution in [0.5, 0.6) is 0 Å². The second-order valence-electron chi connectivity index (χ2n) is 4.41. The molecule has 0 amide bonds. The van der Waals surface area contributed by atoms with E-state index < -0.39 is 0 Å². The molecule has 0 aliphatic heterocycles. The van der Waals surface area contributed by atoms with Crippen LogP contribution in [0, 0.1) is 0 Å². The first kappa shape index (κ1) is 12.4. The molecule has 3 heteroatoms. The Balaban J connectivity index is 1.90. The van der Waals surface area contributed by atoms with Crippen molar-refractivity contribution in [2.45, 2.75) is 44.4 Å². The zero-order valence-corrected chi connectivity index (χ0v) is 10.7. The van der Waals surface area contributed by atoms with Crippen molar-refractivity contribution in [2.24, 2.45) is 4.99 Å². The molecule has 2 nitrogen and oxygen atoms in total. The molecule has 0 bridgehead atoms. The third-order valence-corrected chi connectivity index (χ3v) is 3.30. The number of nitrogens with zero attached hydrogens (tertiary/aromatic N) is 1. The van der Waals surface area contributed by atoms with Gasteiger partial charge in [-0.3, -0.25) is 0 Å². The van der Waals surface area contributed by atoms with E-state index in [2.05, 4.69) is 22.3 Å². The minimum absolute atomic E-state index is 0.208. The molecule has 2 atom stereocenters. The number of hydrogen-bond donors (Lipinski definition) is 0. The van der Waals surface area contributed by atoms with Crippen LogP contribution in [0.2, 0.25) is 0 Å². The molecule has 0 saturated heterocycles. The number of isothiocyanates is 1. The van der Waals surface area contributed by atoms with E-state index in [4.69, 9.17) is 17.0 Å². The minimum atomic E-state index is 0.208. The Kier molecular flexibility index (Phi) is 4.87. The Morgan fingerprint density at radius 1 is 1.24 bits per heavy atom. The second-order valence-corrected chi connectivity index (χ2v) is 4.59. The van der Waals surface area contributed by atoms with E-state index in [1.807, 2.05) is 18.2 Å². The summed E-state index contributed by atoms with van der Waals surface area (Å²) in [6.45, 7) is 0.662. The van der Waals surface area contributed by atoms with Crippen molar-refractivity contribution in [1.29, 1.82) is 0 Å². The molecule has 0 heterocycles. The van der Waals surface area contributed by atoms with Crippen LogP contribution >= 0.6 is 12.2 Å². The third kappa shape index (κ3) is 3.74. The Hall–Kier alpha value is -1.02. The summed E-state index contributed by atoms with van der Waals surface area (Å²) >= 11 is 4.69. The Morgan fingerprint density at radius 3 is 2.76 bits per heavy atom. The van der Waals surface area contributed by atoms with Crippen LogP contribution in [0.4, 0.5) is 0 Å². The monoisotopic (exact) mass is 247 g/mol. The molecule has 0 aromatic heterocycles. The first-order valence-corrected chi connectivity index (χ1v) is 6.53. The molecule has 0 unspecified atom stereocenters. The van der Waals surface area contributed by atoms with Gasteiger partial charge in [-0.1, -0.05) is 43.2 Å². The summed E-state index contributed by atoms with van der Waals surface area (Å²) in [6.07, 6.45) is 4.81. The zero-order chi connectivity index (χ0) is 11.9. The van der Waals surface area contributed by atoms with Crippen LogP contribution in [-0.4, -0.2) is 17.3 Å². The molecule has 1 fully saturated rings. The van der Waals surface area contributed by atoms with Crippen LogP contribution < -0.4 is 0 Å². The average Bonchev–Trinajstić information content (AvgIpc) is 2.39. The molecule has 0 spiro atoms. The van der Waals surface area contributed by atoms with Gasteiger partial charge in [0.2, 0.25) is 0 Å². The number of benzene rings is 1. The summed E-state index contributed by atoms with van der Waals surface area (Å²) in [4.78, 5) is 4.22. The number of thiocarbonyl (C=S) groups is 1. The first-order chi connectivity index (χ1) is 8.40. The van der Waals surface area contributed by atoms with Gasteiger partial charge >= 0.3 is 0 Å². The first-order valence-electron chi connectivity index (χ1n) is 6.12. The van der Waals surface area contributed by atoms with Crippen molar-refractivity contribution in [2.75, 3.05) is 0 Å². The van der Waals surface area contributed by atoms with Crippen molar-refractivity contribution >= 4 is 17.4 Å². The Bertz CT molecular complexity index is 386. The van der Waals surface area contributed by atoms with Crippen molar-refractivity contribution in [3.63, 3.8) is 0 Å². The lowest BCUT2D eigenvalue weighted by Crippen LogP contribution is -2.30. The molecule has 1 aliphatic carbocycles. The van der Waals surface area contributed by atoms with Gasteiger partial charge in [0.05, 0.1) is 23.9 Å². The highest BCUT2D eigenvalue weighted by Gasteiger charge is 2.25. The molecular weight excluding hydrogens is 230 g/mol. The molecule has 90 valence electrons. The Labute approximate surface area is 108 Å². The van der Waals surface area contributed by atoms with Gasteiger partial charge in [-0.2, -0.15) is 0 Å². The number of hydrogen-bond acceptors (Lipinski definition) is 3. The largest absolute Gasteiger partial charge is 0.371 e. The molecule has 0 radical (unpaired) electrons. The third-order valence-electron chi connectivity index (χ3n) is 3.19. The normalized spacial score (nSPS) is 24.0. The highest BCUT2D eigenvalue weighted by molar-refractivity contribution is 7.78. The van der Waals surface area contributed by atoms with Crippen molar-refractivity contribution in [1.82, 2.24) is 0 Å². The van der Waals surface area contributed by atoms with E-state index >= 15 is 0 Å². The van der Waals surface area contributed by atoms with Gasteiger partial charge in [0, 0.05) is 0 Å². The lowest BCUT2D eigenvalue weighted by molar-refractivity contribution is 0.00486. The number of ether oxygens (including phenoxy) is 1. The van der Waals surface area contributed by atoms with Gasteiger partial charge in [0.15, 0.2) is 0 Å². The maximum atomic E-state index is 5.95. The summed E-state index contributed by atoms with van der Waals surface area (Å²) in [5, 5.41) is 2.49. The zero-order valence-electron chi connectivity index (χ0n) is 9.84. The number of rotatable bonds is 4. The summed E-state index contributed by atoms with van der Waals surface area (Å²) in [7, 11) is 0. The molecule has 1 aromatic rings. The highest BCUT2D eigenvalue weighted by atomic mass is 32.1. The van der Waals surface area contributed by atoms with Crippen LogP contribution in [-0.2, 0) is 11.3 Å². The molecular formula is C14H17NOS. The predicted molar refractivity (Wildman–Crippen MR) is 72.3 cm³/mol. The topological polar surface area (TPSA) is 21.6 Å². The van der Waals surface area contributed by atoms with Gasteiger partial charge in [-0.25, -0.2) is 4.99 Å². The number of aliphatic imine (C=N–C) groups is 1. The van der Waals surface area contributed by atoms with Gasteiger partial charge < -0.3 is 4.74 Å². The fourth-order valence-corrected chi connectivity index (χ4v) is 2.40. The standard InChI is InChI=1S/C14H17NOS/c17-11-15-13-8-4-5-9-14(13)16-10-12-6-2-1-3-7-12/h1-3,6-7,13-14H,4-5,8-10H2/t13-,14-/m0/s1. The van der Waals surface area contributed by atoms with E-state index in [1.165, 1.54) is 18.4 Å².